The van der Waals surface area contributed by atoms with Crippen LogP contribution in [0.1, 0.15) is 19.3 Å². The second-order valence-electron chi connectivity index (χ2n) is 5.28. The number of hydrogen-bond donors (Lipinski definition) is 0. The summed E-state index contributed by atoms with van der Waals surface area (Å²) >= 11 is 12.0. The predicted octanol–water partition coefficient (Wildman–Crippen LogP) is 2.77. The number of carbonyl (C=O) groups excluding carboxylic acids is 1. The van der Waals surface area contributed by atoms with Gasteiger partial charge in [-0.3, -0.25) is 9.10 Å². The van der Waals surface area contributed by atoms with Gasteiger partial charge in [-0.2, -0.15) is 0 Å². The van der Waals surface area contributed by atoms with Crippen molar-refractivity contribution in [2.24, 2.45) is 0 Å². The number of benzene rings is 1. The maximum absolute atomic E-state index is 12.4. The zero-order valence-corrected chi connectivity index (χ0v) is 14.6. The molecule has 1 saturated heterocycles. The quantitative estimate of drug-likeness (QED) is 0.825. The van der Waals surface area contributed by atoms with E-state index in [1.165, 1.54) is 0 Å². The summed E-state index contributed by atoms with van der Waals surface area (Å²) in [6.07, 6.45) is 4.04. The third kappa shape index (κ3) is 4.06. The summed E-state index contributed by atoms with van der Waals surface area (Å²) in [4.78, 5) is 14.1. The van der Waals surface area contributed by atoms with E-state index < -0.39 is 10.0 Å². The van der Waals surface area contributed by atoms with Gasteiger partial charge in [0.25, 0.3) is 0 Å². The first-order valence-corrected chi connectivity index (χ1v) is 9.60. The van der Waals surface area contributed by atoms with Gasteiger partial charge in [-0.1, -0.05) is 29.3 Å². The first kappa shape index (κ1) is 17.4. The van der Waals surface area contributed by atoms with Crippen molar-refractivity contribution in [3.05, 3.63) is 28.2 Å². The van der Waals surface area contributed by atoms with Crippen LogP contribution in [0.5, 0.6) is 0 Å². The topological polar surface area (TPSA) is 57.7 Å². The van der Waals surface area contributed by atoms with Gasteiger partial charge in [0.05, 0.1) is 22.0 Å². The molecule has 1 amide bonds. The van der Waals surface area contributed by atoms with E-state index >= 15 is 0 Å². The van der Waals surface area contributed by atoms with Crippen molar-refractivity contribution in [2.45, 2.75) is 19.3 Å². The van der Waals surface area contributed by atoms with Crippen molar-refractivity contribution < 1.29 is 13.2 Å². The van der Waals surface area contributed by atoms with Gasteiger partial charge < -0.3 is 4.90 Å². The number of sulfonamides is 1. The van der Waals surface area contributed by atoms with Crippen molar-refractivity contribution in [3.63, 3.8) is 0 Å². The Labute approximate surface area is 140 Å². The molecule has 1 aromatic rings. The molecule has 0 radical (unpaired) electrons. The molecule has 0 unspecified atom stereocenters. The van der Waals surface area contributed by atoms with E-state index in [2.05, 4.69) is 0 Å². The summed E-state index contributed by atoms with van der Waals surface area (Å²) in [6, 6.07) is 4.71. The summed E-state index contributed by atoms with van der Waals surface area (Å²) in [5.74, 6) is -0.221. The lowest BCUT2D eigenvalue weighted by Gasteiger charge is -2.30. The average Bonchev–Trinajstić information content (AvgIpc) is 2.47. The monoisotopic (exact) mass is 364 g/mol. The molecule has 2 rings (SSSR count). The summed E-state index contributed by atoms with van der Waals surface area (Å²) in [7, 11) is -3.65. The molecule has 1 aromatic carbocycles. The number of anilines is 1. The van der Waals surface area contributed by atoms with Crippen LogP contribution in [-0.2, 0) is 14.8 Å². The van der Waals surface area contributed by atoms with Crippen molar-refractivity contribution in [1.29, 1.82) is 0 Å². The molecule has 0 aliphatic carbocycles. The smallest absolute Gasteiger partial charge is 0.243 e. The number of carbonyl (C=O) groups is 1. The van der Waals surface area contributed by atoms with Crippen LogP contribution in [0.15, 0.2) is 18.2 Å². The molecule has 0 aromatic heterocycles. The van der Waals surface area contributed by atoms with Crippen LogP contribution in [0.3, 0.4) is 0 Å². The van der Waals surface area contributed by atoms with Gasteiger partial charge in [-0.25, -0.2) is 8.42 Å². The highest BCUT2D eigenvalue weighted by Crippen LogP contribution is 2.33. The van der Waals surface area contributed by atoms with Crippen molar-refractivity contribution in [3.8, 4) is 0 Å². The molecule has 0 spiro atoms. The minimum absolute atomic E-state index is 0.126. The molecule has 22 heavy (non-hydrogen) atoms. The van der Waals surface area contributed by atoms with E-state index in [-0.39, 0.29) is 28.2 Å². The van der Waals surface area contributed by atoms with Crippen molar-refractivity contribution in [1.82, 2.24) is 4.90 Å². The van der Waals surface area contributed by atoms with Gasteiger partial charge in [0.15, 0.2) is 0 Å². The largest absolute Gasteiger partial charge is 0.341 e. The van der Waals surface area contributed by atoms with Gasteiger partial charge >= 0.3 is 0 Å². The Balaban J connectivity index is 2.27. The van der Waals surface area contributed by atoms with Gasteiger partial charge in [0.2, 0.25) is 15.9 Å². The molecule has 0 bridgehead atoms. The standard InChI is InChI=1S/C14H18Cl2N2O3S/c1-22(20,21)18(12-7-5-6-11(15)14(12)16)10-13(19)17-8-3-2-4-9-17/h5-7H,2-4,8-10H2,1H3. The number of halogens is 2. The summed E-state index contributed by atoms with van der Waals surface area (Å²) in [5, 5.41) is 0.374. The van der Waals surface area contributed by atoms with E-state index in [9.17, 15) is 13.2 Å². The second kappa shape index (κ2) is 7.06. The van der Waals surface area contributed by atoms with Gasteiger partial charge in [0.1, 0.15) is 6.54 Å². The second-order valence-corrected chi connectivity index (χ2v) is 7.98. The fourth-order valence-electron chi connectivity index (χ4n) is 2.43. The van der Waals surface area contributed by atoms with Gasteiger partial charge in [-0.05, 0) is 31.4 Å². The Morgan fingerprint density at radius 3 is 2.45 bits per heavy atom. The zero-order chi connectivity index (χ0) is 16.3. The molecule has 122 valence electrons. The lowest BCUT2D eigenvalue weighted by atomic mass is 10.1. The first-order chi connectivity index (χ1) is 10.3. The Morgan fingerprint density at radius 2 is 1.86 bits per heavy atom. The molecule has 5 nitrogen and oxygen atoms in total. The highest BCUT2D eigenvalue weighted by atomic mass is 35.5. The molecule has 1 heterocycles. The fourth-order valence-corrected chi connectivity index (χ4v) is 3.73. The van der Waals surface area contributed by atoms with Crippen LogP contribution in [-0.4, -0.2) is 45.1 Å². The van der Waals surface area contributed by atoms with Crippen LogP contribution >= 0.6 is 23.2 Å². The van der Waals surface area contributed by atoms with Crippen molar-refractivity contribution >= 4 is 44.8 Å². The molecule has 0 N–H and O–H groups in total. The Hall–Kier alpha value is -0.980. The highest BCUT2D eigenvalue weighted by Gasteiger charge is 2.26. The lowest BCUT2D eigenvalue weighted by molar-refractivity contribution is -0.130. The molecule has 0 saturated carbocycles. The van der Waals surface area contributed by atoms with Crippen LogP contribution in [0, 0.1) is 0 Å². The normalized spacial score (nSPS) is 15.7. The van der Waals surface area contributed by atoms with E-state index in [4.69, 9.17) is 23.2 Å². The molecule has 0 atom stereocenters. The van der Waals surface area contributed by atoms with Gasteiger partial charge in [0, 0.05) is 13.1 Å². The van der Waals surface area contributed by atoms with Crippen LogP contribution in [0.4, 0.5) is 5.69 Å². The molecular formula is C14H18Cl2N2O3S. The Bertz CT molecular complexity index is 658. The number of amides is 1. The van der Waals surface area contributed by atoms with Crippen LogP contribution in [0.2, 0.25) is 10.0 Å². The van der Waals surface area contributed by atoms with E-state index in [1.807, 2.05) is 0 Å². The van der Waals surface area contributed by atoms with E-state index in [0.717, 1.165) is 29.8 Å². The summed E-state index contributed by atoms with van der Waals surface area (Å²) in [6.45, 7) is 1.07. The fraction of sp³-hybridized carbons (Fsp3) is 0.500. The molecule has 1 aliphatic heterocycles. The number of rotatable bonds is 4. The number of hydrogen-bond acceptors (Lipinski definition) is 3. The third-order valence-corrected chi connectivity index (χ3v) is 5.52. The first-order valence-electron chi connectivity index (χ1n) is 7.00. The highest BCUT2D eigenvalue weighted by molar-refractivity contribution is 7.92. The number of nitrogens with zero attached hydrogens (tertiary/aromatic N) is 2. The molecule has 1 aliphatic rings. The predicted molar refractivity (Wildman–Crippen MR) is 89.1 cm³/mol. The van der Waals surface area contributed by atoms with Crippen LogP contribution in [0.25, 0.3) is 0 Å². The molecule has 1 fully saturated rings. The average molecular weight is 365 g/mol. The van der Waals surface area contributed by atoms with E-state index in [1.54, 1.807) is 23.1 Å². The third-order valence-electron chi connectivity index (χ3n) is 3.59. The minimum Gasteiger partial charge on any atom is -0.341 e. The summed E-state index contributed by atoms with van der Waals surface area (Å²) in [5.41, 5.74) is 0.224. The van der Waals surface area contributed by atoms with E-state index in [0.29, 0.717) is 13.1 Å². The molecule has 8 heteroatoms. The van der Waals surface area contributed by atoms with Crippen molar-refractivity contribution in [2.75, 3.05) is 30.2 Å². The maximum Gasteiger partial charge on any atom is 0.243 e. The Kier molecular flexibility index (Phi) is 5.58. The molecular weight excluding hydrogens is 347 g/mol. The van der Waals surface area contributed by atoms with Crippen LogP contribution < -0.4 is 4.31 Å². The lowest BCUT2D eigenvalue weighted by Crippen LogP contribution is -2.44. The SMILES string of the molecule is CS(=O)(=O)N(CC(=O)N1CCCCC1)c1cccc(Cl)c1Cl. The maximum atomic E-state index is 12.4. The van der Waals surface area contributed by atoms with Gasteiger partial charge in [-0.15, -0.1) is 0 Å². The minimum atomic E-state index is -3.65. The number of piperidine rings is 1. The Morgan fingerprint density at radius 1 is 1.23 bits per heavy atom. The number of likely N-dealkylation sites (tertiary alicyclic amines) is 1. The summed E-state index contributed by atoms with van der Waals surface area (Å²) < 4.78 is 25.1. The zero-order valence-electron chi connectivity index (χ0n) is 12.3.